The first kappa shape index (κ1) is 21.6. The van der Waals surface area contributed by atoms with Crippen molar-refractivity contribution in [1.82, 2.24) is 4.37 Å². The predicted molar refractivity (Wildman–Crippen MR) is 131 cm³/mol. The molecule has 6 nitrogen and oxygen atoms in total. The number of amides is 1. The van der Waals surface area contributed by atoms with Crippen LogP contribution in [0.15, 0.2) is 42.5 Å². The minimum absolute atomic E-state index is 0.182. The van der Waals surface area contributed by atoms with Crippen molar-refractivity contribution in [1.29, 1.82) is 0 Å². The van der Waals surface area contributed by atoms with E-state index in [-0.39, 0.29) is 6.61 Å². The van der Waals surface area contributed by atoms with Gasteiger partial charge >= 0.3 is 12.1 Å². The number of aliphatic carboxylic acids is 1. The number of thiophene rings is 2. The molecule has 9 heteroatoms. The number of carboxylic acid groups (broad SMARTS) is 1. The molecule has 5 rings (SSSR count). The second kappa shape index (κ2) is 8.63. The minimum atomic E-state index is -0.737. The van der Waals surface area contributed by atoms with E-state index in [2.05, 4.69) is 21.5 Å². The number of ether oxygens (including phenoxy) is 1. The Kier molecular flexibility index (Phi) is 5.66. The Bertz CT molecular complexity index is 1390. The molecule has 0 unspecified atom stereocenters. The summed E-state index contributed by atoms with van der Waals surface area (Å²) in [5.41, 5.74) is 1.47. The second-order valence-electron chi connectivity index (χ2n) is 7.76. The number of anilines is 1. The summed E-state index contributed by atoms with van der Waals surface area (Å²) < 4.78 is 10.7. The van der Waals surface area contributed by atoms with Crippen molar-refractivity contribution in [3.8, 4) is 11.8 Å². The first-order valence-electron chi connectivity index (χ1n) is 10.2. The van der Waals surface area contributed by atoms with Crippen LogP contribution in [0.4, 0.5) is 10.5 Å². The molecule has 4 aromatic rings. The molecule has 0 bridgehead atoms. The highest BCUT2D eigenvalue weighted by molar-refractivity contribution is 7.38. The van der Waals surface area contributed by atoms with Gasteiger partial charge in [0.2, 0.25) is 0 Å². The highest BCUT2D eigenvalue weighted by Crippen LogP contribution is 2.52. The topological polar surface area (TPSA) is 88.5 Å². The van der Waals surface area contributed by atoms with Crippen LogP contribution >= 0.6 is 34.2 Å². The number of rotatable bonds is 5. The first-order chi connectivity index (χ1) is 15.9. The van der Waals surface area contributed by atoms with Gasteiger partial charge in [0.1, 0.15) is 16.9 Å². The van der Waals surface area contributed by atoms with Crippen LogP contribution in [0.1, 0.15) is 38.7 Å². The molecule has 0 aliphatic heterocycles. The lowest BCUT2D eigenvalue weighted by molar-refractivity contribution is -0.139. The van der Waals surface area contributed by atoms with Crippen LogP contribution in [0.3, 0.4) is 0 Å². The summed E-state index contributed by atoms with van der Waals surface area (Å²) >= 11 is 4.32. The predicted octanol–water partition coefficient (Wildman–Crippen LogP) is 5.99. The number of carbonyl (C=O) groups is 2. The smallest absolute Gasteiger partial charge is 0.412 e. The Labute approximate surface area is 202 Å². The van der Waals surface area contributed by atoms with E-state index in [1.54, 1.807) is 22.7 Å². The van der Waals surface area contributed by atoms with Crippen LogP contribution in [-0.2, 0) is 21.6 Å². The van der Waals surface area contributed by atoms with E-state index in [0.717, 1.165) is 24.7 Å². The van der Waals surface area contributed by atoms with Crippen LogP contribution in [-0.4, -0.2) is 21.5 Å². The number of fused-ring (bicyclic) bond motifs is 1. The molecule has 3 heterocycles. The van der Waals surface area contributed by atoms with Gasteiger partial charge in [0, 0.05) is 10.3 Å². The van der Waals surface area contributed by atoms with Gasteiger partial charge in [0.05, 0.1) is 20.3 Å². The lowest BCUT2D eigenvalue weighted by Gasteiger charge is -2.06. The minimum Gasteiger partial charge on any atom is -0.481 e. The monoisotopic (exact) mass is 494 g/mol. The van der Waals surface area contributed by atoms with Gasteiger partial charge in [-0.15, -0.1) is 22.7 Å². The van der Waals surface area contributed by atoms with Crippen LogP contribution in [0, 0.1) is 18.8 Å². The fraction of sp³-hybridized carbons (Fsp3) is 0.208. The molecule has 0 saturated heterocycles. The molecule has 166 valence electrons. The molecule has 1 fully saturated rings. The molecular weight excluding hydrogens is 476 g/mol. The maximum absolute atomic E-state index is 12.3. The van der Waals surface area contributed by atoms with Gasteiger partial charge < -0.3 is 9.84 Å². The lowest BCUT2D eigenvalue weighted by Crippen LogP contribution is -2.17. The number of nitrogens with one attached hydrogen (secondary N) is 1. The molecule has 0 spiro atoms. The number of hydrogen-bond acceptors (Lipinski definition) is 7. The normalized spacial score (nSPS) is 13.8. The quantitative estimate of drug-likeness (QED) is 0.333. The maximum Gasteiger partial charge on any atom is 0.412 e. The van der Waals surface area contributed by atoms with Crippen molar-refractivity contribution in [2.75, 3.05) is 5.32 Å². The standard InChI is InChI=1S/C24H18N2O4S3/c1-14-20(25-23(29)30-13-15-5-3-2-4-6-15)18(33-26-14)8-7-17-11-16-12-19(32-21(16)31-17)24(9-10-24)22(27)28/h2-6,11-12H,9-10,13H2,1H3,(H,25,29)(H,27,28). The molecule has 0 radical (unpaired) electrons. The fourth-order valence-corrected chi connectivity index (χ4v) is 6.65. The summed E-state index contributed by atoms with van der Waals surface area (Å²) in [7, 11) is 0. The average molecular weight is 495 g/mol. The SMILES string of the molecule is Cc1nsc(C#Cc2cc3cc(C4(C(=O)O)CC4)sc3s2)c1NC(=O)OCc1ccccc1. The summed E-state index contributed by atoms with van der Waals surface area (Å²) in [5.74, 6) is 5.53. The molecule has 1 aliphatic carbocycles. The van der Waals surface area contributed by atoms with Gasteiger partial charge in [-0.25, -0.2) is 4.79 Å². The van der Waals surface area contributed by atoms with E-state index >= 15 is 0 Å². The van der Waals surface area contributed by atoms with Crippen LogP contribution in [0.2, 0.25) is 0 Å². The molecule has 2 N–H and O–H groups in total. The summed E-state index contributed by atoms with van der Waals surface area (Å²) in [6, 6.07) is 13.4. The number of aryl methyl sites for hydroxylation is 1. The van der Waals surface area contributed by atoms with Gasteiger partial charge in [-0.1, -0.05) is 30.3 Å². The zero-order chi connectivity index (χ0) is 23.0. The van der Waals surface area contributed by atoms with E-state index in [9.17, 15) is 14.7 Å². The Morgan fingerprint density at radius 1 is 1.18 bits per heavy atom. The summed E-state index contributed by atoms with van der Waals surface area (Å²) in [5, 5.41) is 13.3. The number of carbonyl (C=O) groups excluding carboxylic acids is 1. The van der Waals surface area contributed by atoms with E-state index in [4.69, 9.17) is 4.74 Å². The Morgan fingerprint density at radius 3 is 2.67 bits per heavy atom. The lowest BCUT2D eigenvalue weighted by atomic mass is 10.1. The molecule has 0 atom stereocenters. The van der Waals surface area contributed by atoms with Crippen molar-refractivity contribution >= 4 is 61.4 Å². The Morgan fingerprint density at radius 2 is 1.97 bits per heavy atom. The van der Waals surface area contributed by atoms with Gasteiger partial charge in [-0.3, -0.25) is 10.1 Å². The number of carboxylic acids is 1. The zero-order valence-corrected chi connectivity index (χ0v) is 20.0. The average Bonchev–Trinajstić information content (AvgIpc) is 3.24. The molecular formula is C24H18N2O4S3. The summed E-state index contributed by atoms with van der Waals surface area (Å²) in [6.45, 7) is 1.99. The molecule has 1 amide bonds. The van der Waals surface area contributed by atoms with E-state index < -0.39 is 17.5 Å². The van der Waals surface area contributed by atoms with E-state index in [0.29, 0.717) is 29.1 Å². The van der Waals surface area contributed by atoms with Crippen LogP contribution in [0.25, 0.3) is 9.40 Å². The van der Waals surface area contributed by atoms with Gasteiger partial charge in [0.25, 0.3) is 0 Å². The Hall–Kier alpha value is -3.19. The molecule has 1 saturated carbocycles. The molecule has 1 aliphatic rings. The number of aromatic nitrogens is 1. The number of nitrogens with zero attached hydrogens (tertiary/aromatic N) is 1. The van der Waals surface area contributed by atoms with E-state index in [1.807, 2.05) is 49.4 Å². The molecule has 33 heavy (non-hydrogen) atoms. The first-order valence-corrected chi connectivity index (χ1v) is 12.6. The number of hydrogen-bond donors (Lipinski definition) is 2. The third-order valence-corrected chi connectivity index (χ3v) is 8.81. The largest absolute Gasteiger partial charge is 0.481 e. The van der Waals surface area contributed by atoms with Crippen LogP contribution < -0.4 is 5.32 Å². The van der Waals surface area contributed by atoms with Crippen molar-refractivity contribution in [3.05, 3.63) is 68.4 Å². The van der Waals surface area contributed by atoms with E-state index in [1.165, 1.54) is 11.5 Å². The fourth-order valence-electron chi connectivity index (χ4n) is 3.41. The van der Waals surface area contributed by atoms with Crippen molar-refractivity contribution in [2.45, 2.75) is 31.8 Å². The van der Waals surface area contributed by atoms with Crippen LogP contribution in [0.5, 0.6) is 0 Å². The third-order valence-electron chi connectivity index (χ3n) is 5.45. The van der Waals surface area contributed by atoms with Crippen molar-refractivity contribution in [2.24, 2.45) is 0 Å². The van der Waals surface area contributed by atoms with Gasteiger partial charge in [-0.05, 0) is 60.8 Å². The highest BCUT2D eigenvalue weighted by atomic mass is 32.2. The van der Waals surface area contributed by atoms with Gasteiger partial charge in [-0.2, -0.15) is 4.37 Å². The third kappa shape index (κ3) is 4.37. The Balaban J connectivity index is 1.29. The van der Waals surface area contributed by atoms with Crippen molar-refractivity contribution in [3.63, 3.8) is 0 Å². The van der Waals surface area contributed by atoms with Gasteiger partial charge in [0.15, 0.2) is 0 Å². The maximum atomic E-state index is 12.3. The van der Waals surface area contributed by atoms with Crippen molar-refractivity contribution < 1.29 is 19.4 Å². The molecule has 1 aromatic carbocycles. The summed E-state index contributed by atoms with van der Waals surface area (Å²) in [4.78, 5) is 26.3. The molecule has 3 aromatic heterocycles. The second-order valence-corrected chi connectivity index (χ2v) is 10.9. The number of benzene rings is 1. The zero-order valence-electron chi connectivity index (χ0n) is 17.5. The summed E-state index contributed by atoms with van der Waals surface area (Å²) in [6.07, 6.45) is 0.857. The highest BCUT2D eigenvalue weighted by Gasteiger charge is 2.53.